The molecule has 0 fully saturated rings. The molecule has 0 saturated heterocycles. The van der Waals surface area contributed by atoms with E-state index < -0.39 is 42.8 Å². The highest BCUT2D eigenvalue weighted by Gasteiger charge is 2.23. The number of carbonyl (C=O) groups is 4. The summed E-state index contributed by atoms with van der Waals surface area (Å²) in [5.74, 6) is -1.39. The smallest absolute Gasteiger partial charge is 0.484 e. The third-order valence-electron chi connectivity index (χ3n) is 3.96. The molecule has 1 rings (SSSR count). The van der Waals surface area contributed by atoms with Crippen molar-refractivity contribution in [3.63, 3.8) is 0 Å². The zero-order valence-corrected chi connectivity index (χ0v) is 19.6. The van der Waals surface area contributed by atoms with Crippen molar-refractivity contribution in [1.82, 2.24) is 10.6 Å². The van der Waals surface area contributed by atoms with Gasteiger partial charge in [0.25, 0.3) is 5.91 Å². The molecule has 2 atom stereocenters. The van der Waals surface area contributed by atoms with Gasteiger partial charge in [-0.2, -0.15) is 0 Å². The molecule has 2 amide bonds. The maximum atomic E-state index is 12.5. The Kier molecular flexibility index (Phi) is 11.5. The predicted molar refractivity (Wildman–Crippen MR) is 119 cm³/mol. The summed E-state index contributed by atoms with van der Waals surface area (Å²) >= 11 is 0. The van der Waals surface area contributed by atoms with Crippen LogP contribution >= 0.6 is 0 Å². The highest BCUT2D eigenvalue weighted by Crippen LogP contribution is 2.15. The first-order valence-corrected chi connectivity index (χ1v) is 10.4. The molecule has 0 aliphatic heterocycles. The van der Waals surface area contributed by atoms with Crippen LogP contribution in [0.25, 0.3) is 0 Å². The average molecular weight is 465 g/mol. The molecule has 0 aliphatic rings. The number of rotatable bonds is 12. The Morgan fingerprint density at radius 2 is 1.70 bits per heavy atom. The van der Waals surface area contributed by atoms with Crippen molar-refractivity contribution in [1.29, 1.82) is 0 Å². The number of amides is 2. The first kappa shape index (κ1) is 27.5. The summed E-state index contributed by atoms with van der Waals surface area (Å²) in [7, 11) is 0. The minimum absolute atomic E-state index is 0.164. The van der Waals surface area contributed by atoms with E-state index in [0.29, 0.717) is 11.3 Å². The van der Waals surface area contributed by atoms with Gasteiger partial charge in [0.15, 0.2) is 6.61 Å². The topological polar surface area (TPSA) is 129 Å². The highest BCUT2D eigenvalue weighted by atomic mass is 16.8. The molecular weight excluding hydrogens is 432 g/mol. The summed E-state index contributed by atoms with van der Waals surface area (Å²) in [6.07, 6.45) is -2.41. The summed E-state index contributed by atoms with van der Waals surface area (Å²) < 4.78 is 19.9. The first-order valence-electron chi connectivity index (χ1n) is 10.4. The third kappa shape index (κ3) is 11.6. The lowest BCUT2D eigenvalue weighted by atomic mass is 10.1. The molecule has 182 valence electrons. The molecule has 0 aromatic heterocycles. The number of carbonyl (C=O) groups excluding carboxylic acids is 4. The van der Waals surface area contributed by atoms with Gasteiger partial charge in [-0.3, -0.25) is 14.4 Å². The van der Waals surface area contributed by atoms with Crippen LogP contribution in [0.2, 0.25) is 0 Å². The Morgan fingerprint density at radius 1 is 1.03 bits per heavy atom. The van der Waals surface area contributed by atoms with Gasteiger partial charge in [-0.05, 0) is 45.7 Å². The molecule has 1 aromatic rings. The van der Waals surface area contributed by atoms with Gasteiger partial charge >= 0.3 is 12.1 Å². The van der Waals surface area contributed by atoms with E-state index in [0.717, 1.165) is 5.56 Å². The van der Waals surface area contributed by atoms with E-state index in [9.17, 15) is 19.2 Å². The fourth-order valence-electron chi connectivity index (χ4n) is 2.54. The largest absolute Gasteiger partial charge is 0.511 e. The SMILES string of the molecule is C=C(C)C[C@H](NC(=O)COc1ccccc1C)C(=O)NCC(=O)OC(C)OC(=O)OC(C)C. The molecule has 10 heteroatoms. The van der Waals surface area contributed by atoms with Crippen LogP contribution in [-0.2, 0) is 28.6 Å². The Balaban J connectivity index is 2.53. The van der Waals surface area contributed by atoms with Gasteiger partial charge in [-0.15, -0.1) is 6.58 Å². The molecule has 1 aromatic carbocycles. The number of para-hydroxylation sites is 1. The highest BCUT2D eigenvalue weighted by molar-refractivity contribution is 5.90. The minimum Gasteiger partial charge on any atom is -0.484 e. The number of hydrogen-bond acceptors (Lipinski definition) is 8. The molecule has 0 radical (unpaired) electrons. The Labute approximate surface area is 193 Å². The average Bonchev–Trinajstić information content (AvgIpc) is 2.69. The van der Waals surface area contributed by atoms with Crippen LogP contribution in [-0.4, -0.2) is 55.5 Å². The van der Waals surface area contributed by atoms with Gasteiger partial charge in [-0.25, -0.2) is 4.79 Å². The van der Waals surface area contributed by atoms with Gasteiger partial charge in [-0.1, -0.05) is 23.8 Å². The van der Waals surface area contributed by atoms with Crippen molar-refractivity contribution in [3.8, 4) is 5.75 Å². The fourth-order valence-corrected chi connectivity index (χ4v) is 2.54. The van der Waals surface area contributed by atoms with Gasteiger partial charge in [0, 0.05) is 6.92 Å². The van der Waals surface area contributed by atoms with E-state index in [1.165, 1.54) is 6.92 Å². The van der Waals surface area contributed by atoms with E-state index in [4.69, 9.17) is 18.9 Å². The zero-order chi connectivity index (χ0) is 25.0. The van der Waals surface area contributed by atoms with Crippen LogP contribution in [0.15, 0.2) is 36.4 Å². The van der Waals surface area contributed by atoms with Crippen LogP contribution in [0.5, 0.6) is 5.75 Å². The predicted octanol–water partition coefficient (Wildman–Crippen LogP) is 2.39. The molecule has 0 bridgehead atoms. The van der Waals surface area contributed by atoms with Crippen LogP contribution in [0, 0.1) is 6.92 Å². The summed E-state index contributed by atoms with van der Waals surface area (Å²) in [6, 6.07) is 6.26. The fraction of sp³-hybridized carbons (Fsp3) is 0.478. The van der Waals surface area contributed by atoms with Crippen LogP contribution in [0.1, 0.15) is 39.7 Å². The van der Waals surface area contributed by atoms with E-state index in [1.54, 1.807) is 32.9 Å². The molecule has 33 heavy (non-hydrogen) atoms. The molecule has 2 N–H and O–H groups in total. The second-order valence-corrected chi connectivity index (χ2v) is 7.65. The van der Waals surface area contributed by atoms with Crippen LogP contribution < -0.4 is 15.4 Å². The van der Waals surface area contributed by atoms with Crippen LogP contribution in [0.3, 0.4) is 0 Å². The Morgan fingerprint density at radius 3 is 2.30 bits per heavy atom. The lowest BCUT2D eigenvalue weighted by molar-refractivity contribution is -0.168. The van der Waals surface area contributed by atoms with Crippen molar-refractivity contribution < 1.29 is 38.1 Å². The number of aryl methyl sites for hydroxylation is 1. The number of benzene rings is 1. The minimum atomic E-state index is -1.20. The molecule has 0 heterocycles. The molecule has 10 nitrogen and oxygen atoms in total. The zero-order valence-electron chi connectivity index (χ0n) is 19.6. The number of ether oxygens (including phenoxy) is 4. The number of nitrogens with one attached hydrogen (secondary N) is 2. The van der Waals surface area contributed by atoms with Gasteiger partial charge < -0.3 is 29.6 Å². The standard InChI is InChI=1S/C23H32N2O8/c1-14(2)11-18(25-20(26)13-30-19-10-8-7-9-16(19)5)22(28)24-12-21(27)32-17(6)33-23(29)31-15(3)4/h7-10,15,17-18H,1,11-13H2,2-6H3,(H,24,28)(H,25,26)/t17?,18-/m0/s1. The quantitative estimate of drug-likeness (QED) is 0.274. The van der Waals surface area contributed by atoms with Gasteiger partial charge in [0.2, 0.25) is 12.2 Å². The summed E-state index contributed by atoms with van der Waals surface area (Å²) in [5, 5.41) is 4.96. The summed E-state index contributed by atoms with van der Waals surface area (Å²) in [6.45, 7) is 11.2. The second kappa shape index (κ2) is 13.8. The first-order chi connectivity index (χ1) is 15.5. The van der Waals surface area contributed by atoms with Gasteiger partial charge in [0.05, 0.1) is 6.10 Å². The molecule has 0 saturated carbocycles. The van der Waals surface area contributed by atoms with Crippen molar-refractivity contribution in [2.75, 3.05) is 13.2 Å². The maximum absolute atomic E-state index is 12.5. The van der Waals surface area contributed by atoms with Crippen molar-refractivity contribution in [3.05, 3.63) is 42.0 Å². The maximum Gasteiger partial charge on any atom is 0.511 e. The monoisotopic (exact) mass is 464 g/mol. The van der Waals surface area contributed by atoms with Gasteiger partial charge in [0.1, 0.15) is 18.3 Å². The van der Waals surface area contributed by atoms with Crippen LogP contribution in [0.4, 0.5) is 4.79 Å². The second-order valence-electron chi connectivity index (χ2n) is 7.65. The lowest BCUT2D eigenvalue weighted by Gasteiger charge is -2.19. The molecule has 1 unspecified atom stereocenters. The van der Waals surface area contributed by atoms with Crippen molar-refractivity contribution >= 4 is 23.9 Å². The normalized spacial score (nSPS) is 12.2. The number of hydrogen-bond donors (Lipinski definition) is 2. The summed E-state index contributed by atoms with van der Waals surface area (Å²) in [4.78, 5) is 48.1. The lowest BCUT2D eigenvalue weighted by Crippen LogP contribution is -2.49. The van der Waals surface area contributed by atoms with E-state index in [2.05, 4.69) is 17.2 Å². The van der Waals surface area contributed by atoms with E-state index >= 15 is 0 Å². The third-order valence-corrected chi connectivity index (χ3v) is 3.96. The Bertz CT molecular complexity index is 853. The van der Waals surface area contributed by atoms with E-state index in [-0.39, 0.29) is 19.1 Å². The van der Waals surface area contributed by atoms with E-state index in [1.807, 2.05) is 19.1 Å². The van der Waals surface area contributed by atoms with Crippen molar-refractivity contribution in [2.45, 2.75) is 59.5 Å². The summed E-state index contributed by atoms with van der Waals surface area (Å²) in [5.41, 5.74) is 1.53. The number of esters is 1. The Hall–Kier alpha value is -3.56. The molecule has 0 aliphatic carbocycles. The molecular formula is C23H32N2O8. The van der Waals surface area contributed by atoms with Crippen molar-refractivity contribution in [2.24, 2.45) is 0 Å². The molecule has 0 spiro atoms.